The highest BCUT2D eigenvalue weighted by Crippen LogP contribution is 2.28. The molecule has 0 spiro atoms. The molecule has 0 fully saturated rings. The molecule has 2 amide bonds. The quantitative estimate of drug-likeness (QED) is 0.788. The van der Waals surface area contributed by atoms with E-state index in [1.165, 1.54) is 7.11 Å². The predicted molar refractivity (Wildman–Crippen MR) is 89.8 cm³/mol. The highest BCUT2D eigenvalue weighted by atomic mass is 16.5. The lowest BCUT2D eigenvalue weighted by atomic mass is 10.1. The Hall–Kier alpha value is -2.86. The lowest BCUT2D eigenvalue weighted by molar-refractivity contribution is -0.114. The van der Waals surface area contributed by atoms with Crippen LogP contribution < -0.4 is 21.1 Å². The van der Waals surface area contributed by atoms with Crippen LogP contribution in [0, 0.1) is 6.92 Å². The van der Waals surface area contributed by atoms with E-state index in [-0.39, 0.29) is 18.4 Å². The number of anilines is 2. The summed E-state index contributed by atoms with van der Waals surface area (Å²) < 4.78 is 5.18. The van der Waals surface area contributed by atoms with Crippen molar-refractivity contribution in [2.45, 2.75) is 6.92 Å². The van der Waals surface area contributed by atoms with Gasteiger partial charge in [-0.2, -0.15) is 0 Å². The molecule has 0 heterocycles. The summed E-state index contributed by atoms with van der Waals surface area (Å²) in [4.78, 5) is 23.7. The Kier molecular flexibility index (Phi) is 5.32. The number of nitrogens with two attached hydrogens (primary N) is 1. The van der Waals surface area contributed by atoms with E-state index in [1.54, 1.807) is 30.3 Å². The molecule has 6 heteroatoms. The maximum atomic E-state index is 12.2. The Morgan fingerprint density at radius 1 is 1.09 bits per heavy atom. The molecular formula is C17H19N3O3. The molecule has 0 radical (unpaired) electrons. The molecule has 0 atom stereocenters. The summed E-state index contributed by atoms with van der Waals surface area (Å²) in [6, 6.07) is 12.2. The van der Waals surface area contributed by atoms with Gasteiger partial charge in [-0.05, 0) is 37.3 Å². The van der Waals surface area contributed by atoms with Gasteiger partial charge in [-0.1, -0.05) is 17.7 Å². The van der Waals surface area contributed by atoms with E-state index in [0.717, 1.165) is 5.56 Å². The molecule has 0 saturated heterocycles. The summed E-state index contributed by atoms with van der Waals surface area (Å²) in [5, 5.41) is 5.42. The maximum Gasteiger partial charge on any atom is 0.255 e. The summed E-state index contributed by atoms with van der Waals surface area (Å²) in [5.74, 6) is -0.0864. The molecule has 2 aromatic carbocycles. The minimum absolute atomic E-state index is 0.136. The zero-order chi connectivity index (χ0) is 16.8. The fourth-order valence-electron chi connectivity index (χ4n) is 1.99. The second-order valence-electron chi connectivity index (χ2n) is 4.99. The Balaban J connectivity index is 2.19. The molecular weight excluding hydrogens is 294 g/mol. The van der Waals surface area contributed by atoms with Crippen molar-refractivity contribution in [3.8, 4) is 5.75 Å². The van der Waals surface area contributed by atoms with Crippen molar-refractivity contribution in [3.63, 3.8) is 0 Å². The third-order valence-electron chi connectivity index (χ3n) is 3.23. The molecule has 2 aromatic rings. The van der Waals surface area contributed by atoms with E-state index in [4.69, 9.17) is 10.5 Å². The topological polar surface area (TPSA) is 93.5 Å². The predicted octanol–water partition coefficient (Wildman–Crippen LogP) is 2.15. The molecule has 23 heavy (non-hydrogen) atoms. The van der Waals surface area contributed by atoms with Gasteiger partial charge >= 0.3 is 0 Å². The van der Waals surface area contributed by atoms with E-state index < -0.39 is 0 Å². The molecule has 0 aliphatic carbocycles. The van der Waals surface area contributed by atoms with Crippen LogP contribution in [0.2, 0.25) is 0 Å². The smallest absolute Gasteiger partial charge is 0.255 e. The fraction of sp³-hybridized carbons (Fsp3) is 0.176. The van der Waals surface area contributed by atoms with Crippen LogP contribution in [0.5, 0.6) is 5.75 Å². The number of hydrogen-bond donors (Lipinski definition) is 3. The van der Waals surface area contributed by atoms with Gasteiger partial charge < -0.3 is 21.1 Å². The number of nitrogens with one attached hydrogen (secondary N) is 2. The van der Waals surface area contributed by atoms with E-state index in [0.29, 0.717) is 22.7 Å². The van der Waals surface area contributed by atoms with Gasteiger partial charge in [0, 0.05) is 11.3 Å². The van der Waals surface area contributed by atoms with Gasteiger partial charge in [0.1, 0.15) is 5.75 Å². The number of aryl methyl sites for hydroxylation is 1. The Morgan fingerprint density at radius 3 is 2.39 bits per heavy atom. The molecule has 0 aliphatic heterocycles. The summed E-state index contributed by atoms with van der Waals surface area (Å²) >= 11 is 0. The van der Waals surface area contributed by atoms with Gasteiger partial charge in [-0.3, -0.25) is 9.59 Å². The Morgan fingerprint density at radius 2 is 1.78 bits per heavy atom. The van der Waals surface area contributed by atoms with Gasteiger partial charge in [0.15, 0.2) is 0 Å². The lowest BCUT2D eigenvalue weighted by Crippen LogP contribution is -2.22. The monoisotopic (exact) mass is 313 g/mol. The van der Waals surface area contributed by atoms with Crippen LogP contribution in [0.1, 0.15) is 15.9 Å². The van der Waals surface area contributed by atoms with Gasteiger partial charge in [0.05, 0.1) is 19.3 Å². The van der Waals surface area contributed by atoms with E-state index in [1.807, 2.05) is 19.1 Å². The number of carbonyl (C=O) groups excluding carboxylic acids is 2. The number of rotatable bonds is 5. The first-order valence-corrected chi connectivity index (χ1v) is 7.09. The first-order valence-electron chi connectivity index (χ1n) is 7.09. The zero-order valence-electron chi connectivity index (χ0n) is 13.1. The molecule has 0 saturated carbocycles. The van der Waals surface area contributed by atoms with Crippen LogP contribution in [0.4, 0.5) is 11.4 Å². The van der Waals surface area contributed by atoms with E-state index in [2.05, 4.69) is 10.6 Å². The first-order chi connectivity index (χ1) is 11.0. The van der Waals surface area contributed by atoms with Crippen molar-refractivity contribution in [2.24, 2.45) is 5.73 Å². The van der Waals surface area contributed by atoms with Crippen LogP contribution in [0.15, 0.2) is 42.5 Å². The second kappa shape index (κ2) is 7.42. The van der Waals surface area contributed by atoms with E-state index in [9.17, 15) is 9.59 Å². The normalized spacial score (nSPS) is 10.0. The average molecular weight is 313 g/mol. The molecule has 4 N–H and O–H groups in total. The minimum Gasteiger partial charge on any atom is -0.495 e. The van der Waals surface area contributed by atoms with Crippen LogP contribution in [0.25, 0.3) is 0 Å². The van der Waals surface area contributed by atoms with Crippen LogP contribution >= 0.6 is 0 Å². The fourth-order valence-corrected chi connectivity index (χ4v) is 1.99. The summed E-state index contributed by atoms with van der Waals surface area (Å²) in [6.07, 6.45) is 0. The minimum atomic E-state index is -0.342. The maximum absolute atomic E-state index is 12.2. The van der Waals surface area contributed by atoms with Crippen molar-refractivity contribution in [1.82, 2.24) is 0 Å². The average Bonchev–Trinajstić information content (AvgIpc) is 2.55. The lowest BCUT2D eigenvalue weighted by Gasteiger charge is -2.12. The van der Waals surface area contributed by atoms with Crippen LogP contribution in [-0.2, 0) is 4.79 Å². The standard InChI is InChI=1S/C17H19N3O3/c1-11-3-5-12(6-4-11)17(22)19-13-7-8-15(23-2)14(9-13)20-16(21)10-18/h3-9H,10,18H2,1-2H3,(H,19,22)(H,20,21). The van der Waals surface area contributed by atoms with Gasteiger partial charge in [-0.15, -0.1) is 0 Å². The van der Waals surface area contributed by atoms with Crippen molar-refractivity contribution < 1.29 is 14.3 Å². The van der Waals surface area contributed by atoms with Crippen molar-refractivity contribution in [2.75, 3.05) is 24.3 Å². The van der Waals surface area contributed by atoms with Crippen molar-refractivity contribution >= 4 is 23.2 Å². The first kappa shape index (κ1) is 16.5. The molecule has 6 nitrogen and oxygen atoms in total. The number of carbonyl (C=O) groups is 2. The number of ether oxygens (including phenoxy) is 1. The third kappa shape index (κ3) is 4.31. The number of methoxy groups -OCH3 is 1. The molecule has 2 rings (SSSR count). The molecule has 120 valence electrons. The third-order valence-corrected chi connectivity index (χ3v) is 3.23. The molecule has 0 aliphatic rings. The van der Waals surface area contributed by atoms with E-state index >= 15 is 0 Å². The van der Waals surface area contributed by atoms with Crippen molar-refractivity contribution in [1.29, 1.82) is 0 Å². The van der Waals surface area contributed by atoms with Gasteiger partial charge in [-0.25, -0.2) is 0 Å². The van der Waals surface area contributed by atoms with Gasteiger partial charge in [0.2, 0.25) is 5.91 Å². The van der Waals surface area contributed by atoms with Gasteiger partial charge in [0.25, 0.3) is 5.91 Å². The number of amides is 2. The summed E-state index contributed by atoms with van der Waals surface area (Å²) in [7, 11) is 1.50. The molecule has 0 aromatic heterocycles. The number of benzene rings is 2. The zero-order valence-corrected chi connectivity index (χ0v) is 13.1. The van der Waals surface area contributed by atoms with Crippen molar-refractivity contribution in [3.05, 3.63) is 53.6 Å². The second-order valence-corrected chi connectivity index (χ2v) is 4.99. The number of hydrogen-bond acceptors (Lipinski definition) is 4. The Labute approximate surface area is 134 Å². The largest absolute Gasteiger partial charge is 0.495 e. The van der Waals surface area contributed by atoms with Crippen LogP contribution in [0.3, 0.4) is 0 Å². The highest BCUT2D eigenvalue weighted by Gasteiger charge is 2.10. The molecule has 0 unspecified atom stereocenters. The highest BCUT2D eigenvalue weighted by molar-refractivity contribution is 6.05. The summed E-state index contributed by atoms with van der Waals surface area (Å²) in [5.41, 5.74) is 7.93. The Bertz CT molecular complexity index is 712. The molecule has 0 bridgehead atoms. The summed E-state index contributed by atoms with van der Waals surface area (Å²) in [6.45, 7) is 1.82. The SMILES string of the molecule is COc1ccc(NC(=O)c2ccc(C)cc2)cc1NC(=O)CN. The van der Waals surface area contributed by atoms with Crippen LogP contribution in [-0.4, -0.2) is 25.5 Å².